The van der Waals surface area contributed by atoms with E-state index in [9.17, 15) is 9.18 Å². The van der Waals surface area contributed by atoms with Gasteiger partial charge in [0, 0.05) is 5.92 Å². The number of carboxylic acid groups (broad SMARTS) is 1. The standard InChI is InChI=1S/C11H11FO2/c12-10-6-5-8(10)7-3-1-2-4-9(7)11(13)14/h1-4,8,10H,5-6H2,(H,13,14). The smallest absolute Gasteiger partial charge is 0.335 e. The van der Waals surface area contributed by atoms with Crippen molar-refractivity contribution in [1.29, 1.82) is 0 Å². The number of carbonyl (C=O) groups is 1. The van der Waals surface area contributed by atoms with E-state index in [4.69, 9.17) is 5.11 Å². The lowest BCUT2D eigenvalue weighted by molar-refractivity contribution is 0.0692. The third-order valence-electron chi connectivity index (χ3n) is 2.78. The van der Waals surface area contributed by atoms with Gasteiger partial charge in [-0.3, -0.25) is 0 Å². The van der Waals surface area contributed by atoms with Crippen LogP contribution in [-0.4, -0.2) is 17.2 Å². The van der Waals surface area contributed by atoms with E-state index in [1.165, 1.54) is 6.07 Å². The Kier molecular flexibility index (Phi) is 2.23. The highest BCUT2D eigenvalue weighted by Crippen LogP contribution is 2.40. The molecule has 1 aromatic rings. The first-order valence-electron chi connectivity index (χ1n) is 4.66. The van der Waals surface area contributed by atoms with Crippen LogP contribution in [0.25, 0.3) is 0 Å². The van der Waals surface area contributed by atoms with E-state index < -0.39 is 12.1 Å². The molecule has 0 heterocycles. The fourth-order valence-electron chi connectivity index (χ4n) is 1.82. The van der Waals surface area contributed by atoms with Crippen LogP contribution >= 0.6 is 0 Å². The maximum absolute atomic E-state index is 13.1. The number of hydrogen-bond acceptors (Lipinski definition) is 1. The van der Waals surface area contributed by atoms with E-state index in [1.54, 1.807) is 18.2 Å². The molecule has 0 aromatic heterocycles. The normalized spacial score (nSPS) is 25.5. The molecule has 0 amide bonds. The largest absolute Gasteiger partial charge is 0.478 e. The van der Waals surface area contributed by atoms with Gasteiger partial charge >= 0.3 is 5.97 Å². The van der Waals surface area contributed by atoms with Crippen LogP contribution in [0, 0.1) is 0 Å². The fourth-order valence-corrected chi connectivity index (χ4v) is 1.82. The number of carboxylic acids is 1. The van der Waals surface area contributed by atoms with Crippen molar-refractivity contribution < 1.29 is 14.3 Å². The van der Waals surface area contributed by atoms with E-state index >= 15 is 0 Å². The minimum absolute atomic E-state index is 0.206. The summed E-state index contributed by atoms with van der Waals surface area (Å²) in [5.74, 6) is -1.18. The molecule has 14 heavy (non-hydrogen) atoms. The van der Waals surface area contributed by atoms with Crippen molar-refractivity contribution in [2.45, 2.75) is 24.9 Å². The number of rotatable bonds is 2. The van der Waals surface area contributed by atoms with Crippen LogP contribution in [-0.2, 0) is 0 Å². The van der Waals surface area contributed by atoms with Crippen LogP contribution in [0.3, 0.4) is 0 Å². The molecule has 0 saturated heterocycles. The van der Waals surface area contributed by atoms with Gasteiger partial charge in [-0.25, -0.2) is 9.18 Å². The quantitative estimate of drug-likeness (QED) is 0.785. The van der Waals surface area contributed by atoms with Gasteiger partial charge in [-0.2, -0.15) is 0 Å². The lowest BCUT2D eigenvalue weighted by Crippen LogP contribution is -2.26. The van der Waals surface area contributed by atoms with Crippen LogP contribution < -0.4 is 0 Å². The molecule has 0 radical (unpaired) electrons. The van der Waals surface area contributed by atoms with Gasteiger partial charge in [0.25, 0.3) is 0 Å². The lowest BCUT2D eigenvalue weighted by Gasteiger charge is -2.31. The Labute approximate surface area is 81.4 Å². The molecule has 2 atom stereocenters. The molecule has 2 unspecified atom stereocenters. The topological polar surface area (TPSA) is 37.3 Å². The molecule has 0 bridgehead atoms. The molecular formula is C11H11FO2. The Bertz CT molecular complexity index is 362. The van der Waals surface area contributed by atoms with Crippen molar-refractivity contribution in [2.24, 2.45) is 0 Å². The van der Waals surface area contributed by atoms with Crippen LogP contribution in [0.1, 0.15) is 34.7 Å². The zero-order valence-electron chi connectivity index (χ0n) is 7.61. The van der Waals surface area contributed by atoms with E-state index in [-0.39, 0.29) is 11.5 Å². The van der Waals surface area contributed by atoms with Gasteiger partial charge in [-0.15, -0.1) is 0 Å². The summed E-state index contributed by atoms with van der Waals surface area (Å²) in [5, 5.41) is 8.90. The van der Waals surface area contributed by atoms with E-state index in [0.29, 0.717) is 12.0 Å². The van der Waals surface area contributed by atoms with Gasteiger partial charge < -0.3 is 5.11 Å². The third-order valence-corrected chi connectivity index (χ3v) is 2.78. The summed E-state index contributed by atoms with van der Waals surface area (Å²) in [5.41, 5.74) is 0.874. The molecule has 1 fully saturated rings. The zero-order chi connectivity index (χ0) is 10.1. The zero-order valence-corrected chi connectivity index (χ0v) is 7.61. The molecule has 3 heteroatoms. The second-order valence-electron chi connectivity index (χ2n) is 3.59. The van der Waals surface area contributed by atoms with Crippen LogP contribution in [0.15, 0.2) is 24.3 Å². The second kappa shape index (κ2) is 3.40. The number of alkyl halides is 1. The Balaban J connectivity index is 2.36. The van der Waals surface area contributed by atoms with Gasteiger partial charge in [0.15, 0.2) is 0 Å². The summed E-state index contributed by atoms with van der Waals surface area (Å²) in [4.78, 5) is 10.9. The second-order valence-corrected chi connectivity index (χ2v) is 3.59. The minimum atomic E-state index is -0.972. The summed E-state index contributed by atoms with van der Waals surface area (Å²) in [6.45, 7) is 0. The molecular weight excluding hydrogens is 183 g/mol. The monoisotopic (exact) mass is 194 g/mol. The fraction of sp³-hybridized carbons (Fsp3) is 0.364. The van der Waals surface area contributed by atoms with Crippen molar-refractivity contribution in [3.63, 3.8) is 0 Å². The van der Waals surface area contributed by atoms with Crippen LogP contribution in [0.5, 0.6) is 0 Å². The molecule has 2 nitrogen and oxygen atoms in total. The number of hydrogen-bond donors (Lipinski definition) is 1. The van der Waals surface area contributed by atoms with Crippen molar-refractivity contribution in [3.05, 3.63) is 35.4 Å². The maximum Gasteiger partial charge on any atom is 0.335 e. The molecule has 1 N–H and O–H groups in total. The summed E-state index contributed by atoms with van der Waals surface area (Å²) < 4.78 is 13.1. The van der Waals surface area contributed by atoms with E-state index in [1.807, 2.05) is 0 Å². The summed E-state index contributed by atoms with van der Waals surface area (Å²) in [6, 6.07) is 6.66. The summed E-state index contributed by atoms with van der Waals surface area (Å²) in [7, 11) is 0. The van der Waals surface area contributed by atoms with Crippen molar-refractivity contribution in [2.75, 3.05) is 0 Å². The minimum Gasteiger partial charge on any atom is -0.478 e. The number of benzene rings is 1. The molecule has 0 spiro atoms. The average Bonchev–Trinajstić information content (AvgIpc) is 2.16. The Hall–Kier alpha value is -1.38. The van der Waals surface area contributed by atoms with Crippen molar-refractivity contribution >= 4 is 5.97 Å². The first kappa shape index (κ1) is 9.19. The molecule has 1 saturated carbocycles. The predicted molar refractivity (Wildman–Crippen MR) is 50.3 cm³/mol. The van der Waals surface area contributed by atoms with Gasteiger partial charge in [0.05, 0.1) is 5.56 Å². The average molecular weight is 194 g/mol. The molecule has 74 valence electrons. The van der Waals surface area contributed by atoms with Gasteiger partial charge in [-0.1, -0.05) is 18.2 Å². The van der Waals surface area contributed by atoms with Crippen LogP contribution in [0.4, 0.5) is 4.39 Å². The van der Waals surface area contributed by atoms with Gasteiger partial charge in [0.1, 0.15) is 6.17 Å². The highest BCUT2D eigenvalue weighted by atomic mass is 19.1. The Morgan fingerprint density at radius 1 is 1.36 bits per heavy atom. The maximum atomic E-state index is 13.1. The van der Waals surface area contributed by atoms with E-state index in [2.05, 4.69) is 0 Å². The van der Waals surface area contributed by atoms with Gasteiger partial charge in [-0.05, 0) is 24.5 Å². The SMILES string of the molecule is O=C(O)c1ccccc1C1CCC1F. The molecule has 1 aliphatic carbocycles. The highest BCUT2D eigenvalue weighted by molar-refractivity contribution is 5.89. The third kappa shape index (κ3) is 1.39. The van der Waals surface area contributed by atoms with Crippen molar-refractivity contribution in [3.8, 4) is 0 Å². The summed E-state index contributed by atoms with van der Waals surface area (Å²) in [6.07, 6.45) is 0.444. The van der Waals surface area contributed by atoms with Crippen molar-refractivity contribution in [1.82, 2.24) is 0 Å². The van der Waals surface area contributed by atoms with E-state index in [0.717, 1.165) is 6.42 Å². The Morgan fingerprint density at radius 3 is 2.57 bits per heavy atom. The first-order valence-corrected chi connectivity index (χ1v) is 4.66. The van der Waals surface area contributed by atoms with Gasteiger partial charge in [0.2, 0.25) is 0 Å². The highest BCUT2D eigenvalue weighted by Gasteiger charge is 2.34. The Morgan fingerprint density at radius 2 is 2.07 bits per heavy atom. The molecule has 0 aliphatic heterocycles. The molecule has 2 rings (SSSR count). The lowest BCUT2D eigenvalue weighted by atomic mass is 9.76. The predicted octanol–water partition coefficient (Wildman–Crippen LogP) is 2.60. The molecule has 1 aliphatic rings. The number of aromatic carboxylic acids is 1. The number of halogens is 1. The first-order chi connectivity index (χ1) is 6.70. The van der Waals surface area contributed by atoms with Crippen LogP contribution in [0.2, 0.25) is 0 Å². The molecule has 1 aromatic carbocycles. The summed E-state index contributed by atoms with van der Waals surface area (Å²) >= 11 is 0.